The fourth-order valence-corrected chi connectivity index (χ4v) is 3.25. The van der Waals surface area contributed by atoms with E-state index in [0.717, 1.165) is 0 Å². The van der Waals surface area contributed by atoms with E-state index in [2.05, 4.69) is 4.40 Å². The van der Waals surface area contributed by atoms with Crippen LogP contribution in [0, 0.1) is 5.82 Å². The number of hydrogen-bond donors (Lipinski definition) is 0. The standard InChI is InChI=1S/C15H10FNO2S/c16-13-7-3-1-5-11(13)9-10-14-12-6-2-4-8-15(12)20(18,19)17-14/h1-10H. The molecule has 100 valence electrons. The van der Waals surface area contributed by atoms with E-state index in [1.807, 2.05) is 0 Å². The average molecular weight is 287 g/mol. The van der Waals surface area contributed by atoms with Crippen LogP contribution in [-0.4, -0.2) is 14.1 Å². The third-order valence-corrected chi connectivity index (χ3v) is 4.33. The molecule has 0 aromatic heterocycles. The van der Waals surface area contributed by atoms with Crippen molar-refractivity contribution in [3.8, 4) is 0 Å². The van der Waals surface area contributed by atoms with Gasteiger partial charge in [-0.25, -0.2) is 4.39 Å². The number of hydrogen-bond acceptors (Lipinski definition) is 2. The van der Waals surface area contributed by atoms with Gasteiger partial charge in [-0.1, -0.05) is 36.4 Å². The third-order valence-electron chi connectivity index (χ3n) is 2.99. The van der Waals surface area contributed by atoms with Gasteiger partial charge in [0, 0.05) is 11.1 Å². The van der Waals surface area contributed by atoms with E-state index in [0.29, 0.717) is 16.8 Å². The van der Waals surface area contributed by atoms with E-state index in [9.17, 15) is 12.8 Å². The minimum Gasteiger partial charge on any atom is -0.206 e. The van der Waals surface area contributed by atoms with Crippen LogP contribution >= 0.6 is 0 Å². The van der Waals surface area contributed by atoms with Crippen LogP contribution in [-0.2, 0) is 10.0 Å². The zero-order valence-corrected chi connectivity index (χ0v) is 11.1. The highest BCUT2D eigenvalue weighted by Gasteiger charge is 2.26. The van der Waals surface area contributed by atoms with Crippen LogP contribution in [0.15, 0.2) is 63.9 Å². The van der Waals surface area contributed by atoms with E-state index < -0.39 is 10.0 Å². The Bertz CT molecular complexity index is 838. The van der Waals surface area contributed by atoms with Gasteiger partial charge in [0.2, 0.25) is 0 Å². The lowest BCUT2D eigenvalue weighted by Crippen LogP contribution is -1.94. The summed E-state index contributed by atoms with van der Waals surface area (Å²) in [6, 6.07) is 12.9. The predicted molar refractivity (Wildman–Crippen MR) is 75.6 cm³/mol. The van der Waals surface area contributed by atoms with E-state index in [1.165, 1.54) is 24.3 Å². The molecule has 2 aromatic rings. The van der Waals surface area contributed by atoms with Crippen LogP contribution in [0.2, 0.25) is 0 Å². The molecule has 0 N–H and O–H groups in total. The molecule has 2 aromatic carbocycles. The molecule has 3 nitrogen and oxygen atoms in total. The van der Waals surface area contributed by atoms with Crippen molar-refractivity contribution < 1.29 is 12.8 Å². The quantitative estimate of drug-likeness (QED) is 0.852. The van der Waals surface area contributed by atoms with Gasteiger partial charge in [0.25, 0.3) is 10.0 Å². The summed E-state index contributed by atoms with van der Waals surface area (Å²) >= 11 is 0. The summed E-state index contributed by atoms with van der Waals surface area (Å²) in [4.78, 5) is 0.188. The van der Waals surface area contributed by atoms with Crippen molar-refractivity contribution in [2.24, 2.45) is 4.40 Å². The van der Waals surface area contributed by atoms with Crippen LogP contribution < -0.4 is 0 Å². The Labute approximate surface area is 116 Å². The number of fused-ring (bicyclic) bond motifs is 1. The van der Waals surface area contributed by atoms with E-state index in [-0.39, 0.29) is 10.7 Å². The maximum Gasteiger partial charge on any atom is 0.283 e. The Morgan fingerprint density at radius 1 is 0.950 bits per heavy atom. The highest BCUT2D eigenvalue weighted by atomic mass is 32.2. The van der Waals surface area contributed by atoms with Crippen LogP contribution in [0.5, 0.6) is 0 Å². The molecule has 20 heavy (non-hydrogen) atoms. The average Bonchev–Trinajstić information content (AvgIpc) is 2.70. The molecule has 0 atom stereocenters. The summed E-state index contributed by atoms with van der Waals surface area (Å²) in [7, 11) is -3.63. The van der Waals surface area contributed by atoms with Gasteiger partial charge in [-0.2, -0.15) is 12.8 Å². The molecule has 3 rings (SSSR count). The molecular weight excluding hydrogens is 277 g/mol. The lowest BCUT2D eigenvalue weighted by atomic mass is 10.1. The molecule has 5 heteroatoms. The van der Waals surface area contributed by atoms with Gasteiger partial charge in [0.05, 0.1) is 10.6 Å². The summed E-state index contributed by atoms with van der Waals surface area (Å²) in [5.41, 5.74) is 1.25. The van der Waals surface area contributed by atoms with Crippen molar-refractivity contribution in [2.45, 2.75) is 4.90 Å². The first-order chi connectivity index (χ1) is 9.58. The van der Waals surface area contributed by atoms with Crippen molar-refractivity contribution in [1.82, 2.24) is 0 Å². The smallest absolute Gasteiger partial charge is 0.206 e. The summed E-state index contributed by atoms with van der Waals surface area (Å²) in [6.45, 7) is 0. The van der Waals surface area contributed by atoms with Gasteiger partial charge in [-0.05, 0) is 24.3 Å². The van der Waals surface area contributed by atoms with Crippen LogP contribution in [0.25, 0.3) is 6.08 Å². The molecule has 0 radical (unpaired) electrons. The number of nitrogens with zero attached hydrogens (tertiary/aromatic N) is 1. The summed E-state index contributed by atoms with van der Waals surface area (Å²) in [6.07, 6.45) is 3.04. The largest absolute Gasteiger partial charge is 0.283 e. The second-order valence-electron chi connectivity index (χ2n) is 4.30. The molecule has 0 spiro atoms. The minimum absolute atomic E-state index is 0.188. The number of rotatable bonds is 2. The lowest BCUT2D eigenvalue weighted by molar-refractivity contribution is 0.599. The Morgan fingerprint density at radius 2 is 1.65 bits per heavy atom. The Hall–Kier alpha value is -2.27. The van der Waals surface area contributed by atoms with Crippen molar-refractivity contribution in [3.63, 3.8) is 0 Å². The molecule has 0 fully saturated rings. The maximum absolute atomic E-state index is 13.5. The summed E-state index contributed by atoms with van der Waals surface area (Å²) in [5.74, 6) is -0.363. The highest BCUT2D eigenvalue weighted by molar-refractivity contribution is 7.90. The first-order valence-corrected chi connectivity index (χ1v) is 7.39. The molecule has 1 aliphatic rings. The highest BCUT2D eigenvalue weighted by Crippen LogP contribution is 2.26. The van der Waals surface area contributed by atoms with Gasteiger partial charge in [0.15, 0.2) is 0 Å². The van der Waals surface area contributed by atoms with E-state index in [1.54, 1.807) is 36.4 Å². The fraction of sp³-hybridized carbons (Fsp3) is 0. The Morgan fingerprint density at radius 3 is 2.45 bits per heavy atom. The van der Waals surface area contributed by atoms with Crippen molar-refractivity contribution in [2.75, 3.05) is 0 Å². The van der Waals surface area contributed by atoms with Gasteiger partial charge < -0.3 is 0 Å². The minimum atomic E-state index is -3.63. The number of halogens is 1. The van der Waals surface area contributed by atoms with Gasteiger partial charge in [-0.3, -0.25) is 0 Å². The van der Waals surface area contributed by atoms with E-state index in [4.69, 9.17) is 0 Å². The molecule has 0 unspecified atom stereocenters. The second kappa shape index (κ2) is 4.68. The third kappa shape index (κ3) is 2.16. The van der Waals surface area contributed by atoms with Gasteiger partial charge in [-0.15, -0.1) is 0 Å². The monoisotopic (exact) mass is 287 g/mol. The van der Waals surface area contributed by atoms with Crippen molar-refractivity contribution in [3.05, 3.63) is 71.6 Å². The van der Waals surface area contributed by atoms with Crippen molar-refractivity contribution >= 4 is 21.8 Å². The number of sulfonamides is 1. The van der Waals surface area contributed by atoms with Crippen molar-refractivity contribution in [1.29, 1.82) is 0 Å². The zero-order valence-electron chi connectivity index (χ0n) is 10.3. The summed E-state index contributed by atoms with van der Waals surface area (Å²) < 4.78 is 40.9. The number of benzene rings is 2. The lowest BCUT2D eigenvalue weighted by Gasteiger charge is -1.97. The SMILES string of the molecule is O=S1(=O)N=C(C=Cc2ccccc2F)c2ccccc21. The maximum atomic E-state index is 13.5. The first-order valence-electron chi connectivity index (χ1n) is 5.95. The fourth-order valence-electron chi connectivity index (χ4n) is 2.03. The second-order valence-corrected chi connectivity index (χ2v) is 5.88. The molecule has 1 heterocycles. The zero-order chi connectivity index (χ0) is 14.2. The van der Waals surface area contributed by atoms with Gasteiger partial charge >= 0.3 is 0 Å². The van der Waals surface area contributed by atoms with Gasteiger partial charge in [0.1, 0.15) is 5.82 Å². The molecule has 0 bridgehead atoms. The van der Waals surface area contributed by atoms with Crippen LogP contribution in [0.1, 0.15) is 11.1 Å². The molecule has 0 saturated heterocycles. The summed E-state index contributed by atoms with van der Waals surface area (Å²) in [5, 5.41) is 0. The Kier molecular flexibility index (Phi) is 2.99. The molecule has 1 aliphatic heterocycles. The number of allylic oxidation sites excluding steroid dienone is 1. The molecule has 0 saturated carbocycles. The molecule has 0 amide bonds. The van der Waals surface area contributed by atoms with E-state index >= 15 is 0 Å². The predicted octanol–water partition coefficient (Wildman–Crippen LogP) is 3.03. The van der Waals surface area contributed by atoms with Crippen LogP contribution in [0.3, 0.4) is 0 Å². The molecule has 0 aliphatic carbocycles. The first kappa shape index (κ1) is 12.7. The van der Waals surface area contributed by atoms with Crippen LogP contribution in [0.4, 0.5) is 4.39 Å². The molecular formula is C15H10FNO2S. The Balaban J connectivity index is 2.03. The topological polar surface area (TPSA) is 46.5 Å². The normalized spacial score (nSPS) is 16.1.